The van der Waals surface area contributed by atoms with Crippen LogP contribution in [0.15, 0.2) is 24.3 Å². The lowest BCUT2D eigenvalue weighted by Gasteiger charge is -2.38. The number of fused-ring (bicyclic) bond motifs is 1. The lowest BCUT2D eigenvalue weighted by molar-refractivity contribution is 0.0734. The number of hydrogen-bond acceptors (Lipinski definition) is 2. The van der Waals surface area contributed by atoms with Crippen molar-refractivity contribution in [3.63, 3.8) is 0 Å². The normalized spacial score (nSPS) is 18.8. The van der Waals surface area contributed by atoms with Crippen LogP contribution in [-0.2, 0) is 6.42 Å². The van der Waals surface area contributed by atoms with Crippen LogP contribution in [0.1, 0.15) is 66.5 Å². The molecule has 1 heterocycles. The number of benzene rings is 2. The Hall–Kier alpha value is -1.96. The molecule has 2 aromatic carbocycles. The summed E-state index contributed by atoms with van der Waals surface area (Å²) in [7, 11) is 0. The van der Waals surface area contributed by atoms with Crippen LogP contribution in [0, 0.1) is 20.8 Å². The second-order valence-corrected chi connectivity index (χ2v) is 8.08. The Bertz CT molecular complexity index is 787. The molecule has 0 fully saturated rings. The minimum atomic E-state index is -0.152. The van der Waals surface area contributed by atoms with Crippen LogP contribution in [0.2, 0.25) is 0 Å². The smallest absolute Gasteiger partial charge is 0.127 e. The topological polar surface area (TPSA) is 29.5 Å². The third kappa shape index (κ3) is 3.15. The molecule has 0 saturated heterocycles. The maximum atomic E-state index is 10.5. The molecule has 0 bridgehead atoms. The maximum Gasteiger partial charge on any atom is 0.127 e. The molecule has 0 aliphatic carbocycles. The van der Waals surface area contributed by atoms with E-state index in [0.29, 0.717) is 18.1 Å². The number of aryl methyl sites for hydroxylation is 3. The van der Waals surface area contributed by atoms with Crippen LogP contribution in [-0.4, -0.2) is 10.7 Å². The molecular weight excluding hydrogens is 296 g/mol. The molecule has 0 aromatic heterocycles. The number of phenolic OH excluding ortho intramolecular Hbond substituents is 1. The lowest BCUT2D eigenvalue weighted by atomic mass is 9.83. The van der Waals surface area contributed by atoms with Crippen molar-refractivity contribution >= 4 is 0 Å². The second kappa shape index (κ2) is 5.84. The van der Waals surface area contributed by atoms with Gasteiger partial charge in [-0.3, -0.25) is 0 Å². The molecule has 2 nitrogen and oxygen atoms in total. The van der Waals surface area contributed by atoms with Gasteiger partial charge in [0.1, 0.15) is 17.1 Å². The predicted octanol–water partition coefficient (Wildman–Crippen LogP) is 5.57. The highest BCUT2D eigenvalue weighted by molar-refractivity contribution is 5.52. The number of rotatable bonds is 2. The third-order valence-electron chi connectivity index (χ3n) is 4.95. The van der Waals surface area contributed by atoms with E-state index in [4.69, 9.17) is 4.74 Å². The summed E-state index contributed by atoms with van der Waals surface area (Å²) in [6.07, 6.45) is 1.72. The number of phenols is 1. The van der Waals surface area contributed by atoms with Gasteiger partial charge in [-0.15, -0.1) is 0 Å². The zero-order valence-electron chi connectivity index (χ0n) is 15.7. The molecule has 1 N–H and O–H groups in total. The van der Waals surface area contributed by atoms with E-state index in [2.05, 4.69) is 52.8 Å². The van der Waals surface area contributed by atoms with Crippen molar-refractivity contribution < 1.29 is 9.84 Å². The van der Waals surface area contributed by atoms with E-state index < -0.39 is 0 Å². The Morgan fingerprint density at radius 3 is 2.38 bits per heavy atom. The molecule has 2 aromatic rings. The van der Waals surface area contributed by atoms with Crippen LogP contribution < -0.4 is 4.74 Å². The van der Waals surface area contributed by atoms with E-state index in [0.717, 1.165) is 23.3 Å². The quantitative estimate of drug-likeness (QED) is 0.782. The summed E-state index contributed by atoms with van der Waals surface area (Å²) < 4.78 is 6.37. The van der Waals surface area contributed by atoms with Gasteiger partial charge in [0, 0.05) is 6.42 Å². The maximum absolute atomic E-state index is 10.5. The molecule has 0 radical (unpaired) electrons. The van der Waals surface area contributed by atoms with E-state index >= 15 is 0 Å². The Kier molecular flexibility index (Phi) is 4.11. The zero-order valence-corrected chi connectivity index (χ0v) is 15.7. The Morgan fingerprint density at radius 2 is 1.67 bits per heavy atom. The minimum absolute atomic E-state index is 0.152. The van der Waals surface area contributed by atoms with E-state index in [-0.39, 0.29) is 5.60 Å². The van der Waals surface area contributed by atoms with Gasteiger partial charge in [-0.1, -0.05) is 42.3 Å². The number of hydrogen-bond donors (Lipinski definition) is 1. The summed E-state index contributed by atoms with van der Waals surface area (Å²) in [5.41, 5.74) is 6.65. The van der Waals surface area contributed by atoms with Crippen LogP contribution in [0.4, 0.5) is 0 Å². The van der Waals surface area contributed by atoms with Gasteiger partial charge in [-0.25, -0.2) is 0 Å². The fraction of sp³-hybridized carbons (Fsp3) is 0.455. The first-order chi connectivity index (χ1) is 11.2. The van der Waals surface area contributed by atoms with Crippen LogP contribution in [0.5, 0.6) is 11.5 Å². The van der Waals surface area contributed by atoms with Gasteiger partial charge in [-0.05, 0) is 69.2 Å². The summed E-state index contributed by atoms with van der Waals surface area (Å²) in [5, 5.41) is 10.5. The number of aromatic hydroxyl groups is 1. The average molecular weight is 324 g/mol. The molecular formula is C22H28O2. The van der Waals surface area contributed by atoms with Crippen LogP contribution >= 0.6 is 0 Å². The van der Waals surface area contributed by atoms with E-state index in [1.165, 1.54) is 22.3 Å². The summed E-state index contributed by atoms with van der Waals surface area (Å²) in [4.78, 5) is 0. The number of ether oxygens (including phenoxy) is 1. The Labute approximate surface area is 145 Å². The summed E-state index contributed by atoms with van der Waals surface area (Å²) in [5.74, 6) is 1.90. The van der Waals surface area contributed by atoms with Gasteiger partial charge in [0.2, 0.25) is 0 Å². The first kappa shape index (κ1) is 16.9. The summed E-state index contributed by atoms with van der Waals surface area (Å²) in [6.45, 7) is 12.8. The van der Waals surface area contributed by atoms with Crippen molar-refractivity contribution in [3.05, 3.63) is 57.6 Å². The van der Waals surface area contributed by atoms with Crippen molar-refractivity contribution in [3.8, 4) is 11.5 Å². The molecule has 1 atom stereocenters. The van der Waals surface area contributed by atoms with Crippen molar-refractivity contribution in [1.82, 2.24) is 0 Å². The molecule has 1 aliphatic rings. The van der Waals surface area contributed by atoms with Gasteiger partial charge in [0.15, 0.2) is 0 Å². The van der Waals surface area contributed by atoms with Gasteiger partial charge in [-0.2, -0.15) is 0 Å². The fourth-order valence-electron chi connectivity index (χ4n) is 4.05. The highest BCUT2D eigenvalue weighted by Gasteiger charge is 2.33. The standard InChI is InChI=1S/C22H28O2/c1-13-7-15(3)20(23)17(8-13)11-18-9-14(2)10-19-16(4)12-22(5,6)24-21(18)19/h7-10,16,23H,11-12H2,1-6H3. The molecule has 24 heavy (non-hydrogen) atoms. The van der Waals surface area contributed by atoms with Gasteiger partial charge >= 0.3 is 0 Å². The van der Waals surface area contributed by atoms with Crippen LogP contribution in [0.3, 0.4) is 0 Å². The Morgan fingerprint density at radius 1 is 1.04 bits per heavy atom. The fourth-order valence-corrected chi connectivity index (χ4v) is 4.05. The van der Waals surface area contributed by atoms with E-state index in [1.807, 2.05) is 13.0 Å². The predicted molar refractivity (Wildman–Crippen MR) is 99.3 cm³/mol. The molecule has 128 valence electrons. The molecule has 0 saturated carbocycles. The SMILES string of the molecule is Cc1cc(C)c(O)c(Cc2cc(C)cc3c2OC(C)(C)CC3C)c1. The first-order valence-corrected chi connectivity index (χ1v) is 8.78. The van der Waals surface area contributed by atoms with E-state index in [9.17, 15) is 5.11 Å². The average Bonchev–Trinajstić information content (AvgIpc) is 2.45. The first-order valence-electron chi connectivity index (χ1n) is 8.78. The van der Waals surface area contributed by atoms with Gasteiger partial charge in [0.25, 0.3) is 0 Å². The van der Waals surface area contributed by atoms with Crippen molar-refractivity contribution in [1.29, 1.82) is 0 Å². The lowest BCUT2D eigenvalue weighted by Crippen LogP contribution is -2.34. The van der Waals surface area contributed by atoms with Gasteiger partial charge < -0.3 is 9.84 Å². The highest BCUT2D eigenvalue weighted by atomic mass is 16.5. The molecule has 2 heteroatoms. The van der Waals surface area contributed by atoms with E-state index in [1.54, 1.807) is 0 Å². The highest BCUT2D eigenvalue weighted by Crippen LogP contribution is 2.44. The molecule has 0 spiro atoms. The largest absolute Gasteiger partial charge is 0.507 e. The second-order valence-electron chi connectivity index (χ2n) is 8.08. The monoisotopic (exact) mass is 324 g/mol. The molecule has 1 aliphatic heterocycles. The van der Waals surface area contributed by atoms with Crippen molar-refractivity contribution in [2.24, 2.45) is 0 Å². The molecule has 1 unspecified atom stereocenters. The zero-order chi connectivity index (χ0) is 17.6. The molecule has 0 amide bonds. The van der Waals surface area contributed by atoms with Crippen molar-refractivity contribution in [2.45, 2.75) is 65.9 Å². The van der Waals surface area contributed by atoms with Gasteiger partial charge in [0.05, 0.1) is 0 Å². The van der Waals surface area contributed by atoms with Crippen molar-refractivity contribution in [2.75, 3.05) is 0 Å². The minimum Gasteiger partial charge on any atom is -0.507 e. The summed E-state index contributed by atoms with van der Waals surface area (Å²) >= 11 is 0. The van der Waals surface area contributed by atoms with Crippen LogP contribution in [0.25, 0.3) is 0 Å². The summed E-state index contributed by atoms with van der Waals surface area (Å²) in [6, 6.07) is 8.55. The third-order valence-corrected chi connectivity index (χ3v) is 4.95. The Balaban J connectivity index is 2.10. The molecule has 3 rings (SSSR count).